The number of amides is 3. The van der Waals surface area contributed by atoms with Gasteiger partial charge in [-0.25, -0.2) is 13.9 Å². The van der Waals surface area contributed by atoms with Crippen LogP contribution < -0.4 is 16.0 Å². The van der Waals surface area contributed by atoms with Crippen molar-refractivity contribution in [2.45, 2.75) is 0 Å². The van der Waals surface area contributed by atoms with Crippen LogP contribution in [0.5, 0.6) is 0 Å². The summed E-state index contributed by atoms with van der Waals surface area (Å²) in [6, 6.07) is 21.1. The number of nitrogens with one attached hydrogen (secondary N) is 3. The summed E-state index contributed by atoms with van der Waals surface area (Å²) in [4.78, 5) is 24.5. The van der Waals surface area contributed by atoms with Crippen LogP contribution in [-0.4, -0.2) is 21.7 Å². The number of carbonyl (C=O) groups is 2. The van der Waals surface area contributed by atoms with E-state index in [2.05, 4.69) is 21.0 Å². The number of hydrogen-bond donors (Lipinski definition) is 3. The molecule has 0 fully saturated rings. The number of para-hydroxylation sites is 1. The lowest BCUT2D eigenvalue weighted by Gasteiger charge is -2.08. The van der Waals surface area contributed by atoms with Crippen LogP contribution in [0.2, 0.25) is 0 Å². The van der Waals surface area contributed by atoms with Gasteiger partial charge in [-0.05, 0) is 60.7 Å². The fourth-order valence-electron chi connectivity index (χ4n) is 2.85. The molecular weight excluding hydrogens is 397 g/mol. The van der Waals surface area contributed by atoms with Crippen LogP contribution in [-0.2, 0) is 0 Å². The van der Waals surface area contributed by atoms with Gasteiger partial charge in [0.05, 0.1) is 23.8 Å². The number of anilines is 3. The molecular formula is C23H18FN5O2. The molecule has 0 saturated carbocycles. The van der Waals surface area contributed by atoms with E-state index >= 15 is 0 Å². The fraction of sp³-hybridized carbons (Fsp3) is 0. The van der Waals surface area contributed by atoms with Gasteiger partial charge in [-0.15, -0.1) is 0 Å². The van der Waals surface area contributed by atoms with Crippen LogP contribution in [0, 0.1) is 5.82 Å². The molecule has 0 bridgehead atoms. The van der Waals surface area contributed by atoms with Crippen LogP contribution in [0.15, 0.2) is 91.3 Å². The van der Waals surface area contributed by atoms with E-state index in [0.29, 0.717) is 28.3 Å². The predicted octanol–water partition coefficient (Wildman–Crippen LogP) is 4.91. The number of carbonyl (C=O) groups excluding carboxylic acids is 2. The number of urea groups is 1. The monoisotopic (exact) mass is 415 g/mol. The first-order valence-electron chi connectivity index (χ1n) is 9.42. The Labute approximate surface area is 177 Å². The van der Waals surface area contributed by atoms with Crippen molar-refractivity contribution >= 4 is 29.0 Å². The van der Waals surface area contributed by atoms with E-state index in [1.165, 1.54) is 23.0 Å². The summed E-state index contributed by atoms with van der Waals surface area (Å²) in [5.74, 6) is -0.654. The van der Waals surface area contributed by atoms with Gasteiger partial charge in [0, 0.05) is 16.9 Å². The molecule has 4 rings (SSSR count). The number of aromatic nitrogens is 2. The van der Waals surface area contributed by atoms with Gasteiger partial charge in [-0.3, -0.25) is 4.79 Å². The highest BCUT2D eigenvalue weighted by atomic mass is 19.1. The van der Waals surface area contributed by atoms with E-state index in [4.69, 9.17) is 0 Å². The molecule has 7 nitrogen and oxygen atoms in total. The quantitative estimate of drug-likeness (QED) is 0.433. The second kappa shape index (κ2) is 8.91. The topological polar surface area (TPSA) is 88.1 Å². The maximum absolute atomic E-state index is 13.1. The maximum atomic E-state index is 13.1. The summed E-state index contributed by atoms with van der Waals surface area (Å²) in [5.41, 5.74) is 2.82. The lowest BCUT2D eigenvalue weighted by Crippen LogP contribution is -2.19. The SMILES string of the molecule is O=C(Nc1ccccc1)Nc1ccc(C(=O)Nc2cnn(-c3ccc(F)cc3)c2)cc1. The second-order valence-corrected chi connectivity index (χ2v) is 6.63. The Morgan fingerprint density at radius 3 is 2.06 bits per heavy atom. The van der Waals surface area contributed by atoms with E-state index in [0.717, 1.165) is 0 Å². The lowest BCUT2D eigenvalue weighted by atomic mass is 10.2. The third-order valence-corrected chi connectivity index (χ3v) is 4.37. The predicted molar refractivity (Wildman–Crippen MR) is 117 cm³/mol. The molecule has 0 aliphatic heterocycles. The van der Waals surface area contributed by atoms with Crippen molar-refractivity contribution in [1.29, 1.82) is 0 Å². The van der Waals surface area contributed by atoms with Crippen molar-refractivity contribution in [2.75, 3.05) is 16.0 Å². The summed E-state index contributed by atoms with van der Waals surface area (Å²) in [5, 5.41) is 12.4. The third-order valence-electron chi connectivity index (χ3n) is 4.37. The first-order chi connectivity index (χ1) is 15.1. The second-order valence-electron chi connectivity index (χ2n) is 6.63. The Morgan fingerprint density at radius 1 is 0.742 bits per heavy atom. The van der Waals surface area contributed by atoms with Crippen LogP contribution in [0.3, 0.4) is 0 Å². The zero-order chi connectivity index (χ0) is 21.6. The zero-order valence-electron chi connectivity index (χ0n) is 16.2. The Hall–Kier alpha value is -4.46. The molecule has 0 unspecified atom stereocenters. The average molecular weight is 415 g/mol. The highest BCUT2D eigenvalue weighted by Gasteiger charge is 2.09. The molecule has 154 valence electrons. The lowest BCUT2D eigenvalue weighted by molar-refractivity contribution is 0.102. The molecule has 0 atom stereocenters. The maximum Gasteiger partial charge on any atom is 0.323 e. The van der Waals surface area contributed by atoms with Crippen molar-refractivity contribution in [2.24, 2.45) is 0 Å². The van der Waals surface area contributed by atoms with E-state index in [1.807, 2.05) is 18.2 Å². The van der Waals surface area contributed by atoms with Crippen molar-refractivity contribution in [3.63, 3.8) is 0 Å². The Morgan fingerprint density at radius 2 is 1.39 bits per heavy atom. The Kier molecular flexibility index (Phi) is 5.70. The van der Waals surface area contributed by atoms with Gasteiger partial charge in [-0.2, -0.15) is 5.10 Å². The summed E-state index contributed by atoms with van der Waals surface area (Å²) in [7, 11) is 0. The molecule has 0 aliphatic carbocycles. The number of rotatable bonds is 5. The van der Waals surface area contributed by atoms with Gasteiger partial charge < -0.3 is 16.0 Å². The molecule has 0 radical (unpaired) electrons. The van der Waals surface area contributed by atoms with Crippen molar-refractivity contribution in [3.8, 4) is 5.69 Å². The molecule has 3 aromatic carbocycles. The summed E-state index contributed by atoms with van der Waals surface area (Å²) in [6.45, 7) is 0. The van der Waals surface area contributed by atoms with Crippen molar-refractivity contribution < 1.29 is 14.0 Å². The third kappa shape index (κ3) is 5.13. The van der Waals surface area contributed by atoms with Gasteiger partial charge in [0.2, 0.25) is 0 Å². The molecule has 0 saturated heterocycles. The zero-order valence-corrected chi connectivity index (χ0v) is 16.2. The fourth-order valence-corrected chi connectivity index (χ4v) is 2.85. The Bertz CT molecular complexity index is 1190. The number of nitrogens with zero attached hydrogens (tertiary/aromatic N) is 2. The van der Waals surface area contributed by atoms with Gasteiger partial charge in [-0.1, -0.05) is 18.2 Å². The van der Waals surface area contributed by atoms with E-state index in [1.54, 1.807) is 54.7 Å². The highest BCUT2D eigenvalue weighted by Crippen LogP contribution is 2.15. The summed E-state index contributed by atoms with van der Waals surface area (Å²) in [6.07, 6.45) is 3.14. The number of halogens is 1. The smallest absolute Gasteiger partial charge is 0.319 e. The standard InChI is InChI=1S/C23H18FN5O2/c24-17-8-12-21(13-9-17)29-15-20(14-25-29)26-22(30)16-6-10-19(11-7-16)28-23(31)27-18-4-2-1-3-5-18/h1-15H,(H,26,30)(H2,27,28,31). The van der Waals surface area contributed by atoms with Gasteiger partial charge in [0.1, 0.15) is 5.82 Å². The minimum absolute atomic E-state index is 0.320. The van der Waals surface area contributed by atoms with Crippen LogP contribution in [0.4, 0.5) is 26.2 Å². The van der Waals surface area contributed by atoms with Crippen molar-refractivity contribution in [1.82, 2.24) is 9.78 Å². The minimum atomic E-state index is -0.378. The largest absolute Gasteiger partial charge is 0.323 e. The summed E-state index contributed by atoms with van der Waals surface area (Å²) < 4.78 is 14.6. The van der Waals surface area contributed by atoms with Crippen LogP contribution >= 0.6 is 0 Å². The number of benzene rings is 3. The van der Waals surface area contributed by atoms with E-state index in [-0.39, 0.29) is 17.8 Å². The highest BCUT2D eigenvalue weighted by molar-refractivity contribution is 6.05. The normalized spacial score (nSPS) is 10.4. The summed E-state index contributed by atoms with van der Waals surface area (Å²) >= 11 is 0. The van der Waals surface area contributed by atoms with Crippen LogP contribution in [0.1, 0.15) is 10.4 Å². The minimum Gasteiger partial charge on any atom is -0.319 e. The molecule has 1 aromatic heterocycles. The average Bonchev–Trinajstić information content (AvgIpc) is 3.24. The first kappa shape index (κ1) is 19.8. The first-order valence-corrected chi connectivity index (χ1v) is 9.42. The van der Waals surface area contributed by atoms with Crippen LogP contribution in [0.25, 0.3) is 5.69 Å². The Balaban J connectivity index is 1.35. The van der Waals surface area contributed by atoms with Gasteiger partial charge >= 0.3 is 6.03 Å². The molecule has 4 aromatic rings. The molecule has 8 heteroatoms. The number of hydrogen-bond acceptors (Lipinski definition) is 3. The molecule has 0 aliphatic rings. The molecule has 31 heavy (non-hydrogen) atoms. The molecule has 1 heterocycles. The van der Waals surface area contributed by atoms with E-state index < -0.39 is 0 Å². The van der Waals surface area contributed by atoms with Gasteiger partial charge in [0.15, 0.2) is 0 Å². The van der Waals surface area contributed by atoms with Crippen molar-refractivity contribution in [3.05, 3.63) is 103 Å². The van der Waals surface area contributed by atoms with Gasteiger partial charge in [0.25, 0.3) is 5.91 Å². The molecule has 0 spiro atoms. The van der Waals surface area contributed by atoms with E-state index in [9.17, 15) is 14.0 Å². The molecule has 3 amide bonds. The molecule has 3 N–H and O–H groups in total.